The molecule has 0 aliphatic heterocycles. The first-order chi connectivity index (χ1) is 6.42. The van der Waals surface area contributed by atoms with E-state index >= 15 is 0 Å². The molecule has 3 nitrogen and oxygen atoms in total. The quantitative estimate of drug-likeness (QED) is 0.741. The van der Waals surface area contributed by atoms with Crippen molar-refractivity contribution >= 4 is 5.97 Å². The lowest BCUT2D eigenvalue weighted by atomic mass is 9.71. The second-order valence-electron chi connectivity index (χ2n) is 3.92. The summed E-state index contributed by atoms with van der Waals surface area (Å²) in [5, 5.41) is 17.6. The van der Waals surface area contributed by atoms with Gasteiger partial charge in [0, 0.05) is 19.4 Å². The largest absolute Gasteiger partial charge is 0.481 e. The summed E-state index contributed by atoms with van der Waals surface area (Å²) in [6.07, 6.45) is -0.803. The Morgan fingerprint density at radius 2 is 1.71 bits per heavy atom. The molecule has 0 aromatic rings. The second-order valence-corrected chi connectivity index (χ2v) is 3.92. The van der Waals surface area contributed by atoms with Gasteiger partial charge in [-0.1, -0.05) is 0 Å². The van der Waals surface area contributed by atoms with E-state index in [9.17, 15) is 13.6 Å². The number of carbonyl (C=O) groups is 1. The minimum atomic E-state index is -2.73. The third-order valence-corrected chi connectivity index (χ3v) is 2.98. The van der Waals surface area contributed by atoms with E-state index < -0.39 is 17.3 Å². The minimum absolute atomic E-state index is 0.0457. The maximum atomic E-state index is 12.8. The smallest absolute Gasteiger partial charge is 0.309 e. The molecule has 0 amide bonds. The summed E-state index contributed by atoms with van der Waals surface area (Å²) in [5.41, 5.74) is -1.13. The number of aliphatic hydroxyl groups excluding tert-OH is 1. The van der Waals surface area contributed by atoms with Gasteiger partial charge in [-0.2, -0.15) is 0 Å². The molecule has 0 radical (unpaired) electrons. The molecule has 1 saturated carbocycles. The van der Waals surface area contributed by atoms with E-state index in [1.54, 1.807) is 0 Å². The maximum Gasteiger partial charge on any atom is 0.309 e. The summed E-state index contributed by atoms with van der Waals surface area (Å²) in [5.74, 6) is -3.80. The highest BCUT2D eigenvalue weighted by molar-refractivity contribution is 5.74. The predicted octanol–water partition coefficient (Wildman–Crippen LogP) is 1.65. The molecule has 0 spiro atoms. The normalized spacial score (nSPS) is 24.5. The van der Waals surface area contributed by atoms with E-state index in [-0.39, 0.29) is 38.7 Å². The Labute approximate surface area is 80.7 Å². The summed E-state index contributed by atoms with van der Waals surface area (Å²) < 4.78 is 25.6. The first-order valence-corrected chi connectivity index (χ1v) is 4.64. The van der Waals surface area contributed by atoms with E-state index in [0.29, 0.717) is 0 Å². The average molecular weight is 208 g/mol. The molecule has 0 unspecified atom stereocenters. The molecule has 0 bridgehead atoms. The zero-order valence-corrected chi connectivity index (χ0v) is 7.80. The Bertz CT molecular complexity index is 218. The van der Waals surface area contributed by atoms with Gasteiger partial charge in [-0.25, -0.2) is 8.78 Å². The molecular formula is C9H14F2O3. The third kappa shape index (κ3) is 2.20. The summed E-state index contributed by atoms with van der Waals surface area (Å²) >= 11 is 0. The minimum Gasteiger partial charge on any atom is -0.481 e. The van der Waals surface area contributed by atoms with E-state index in [0.717, 1.165) is 0 Å². The highest BCUT2D eigenvalue weighted by Crippen LogP contribution is 2.45. The van der Waals surface area contributed by atoms with Gasteiger partial charge in [0.2, 0.25) is 5.92 Å². The standard InChI is InChI=1S/C9H14F2O3/c10-9(11)3-1-8(2-4-9,5-6-12)7(13)14/h12H,1-6H2,(H,13,14). The van der Waals surface area contributed by atoms with Crippen LogP contribution in [-0.4, -0.2) is 28.7 Å². The molecule has 5 heteroatoms. The van der Waals surface area contributed by atoms with Gasteiger partial charge in [-0.3, -0.25) is 4.79 Å². The van der Waals surface area contributed by atoms with Gasteiger partial charge in [0.05, 0.1) is 5.41 Å². The van der Waals surface area contributed by atoms with Crippen LogP contribution < -0.4 is 0 Å². The van der Waals surface area contributed by atoms with Crippen LogP contribution in [0, 0.1) is 5.41 Å². The van der Waals surface area contributed by atoms with Crippen molar-refractivity contribution in [2.75, 3.05) is 6.61 Å². The van der Waals surface area contributed by atoms with Crippen molar-refractivity contribution < 1.29 is 23.8 Å². The zero-order chi connectivity index (χ0) is 10.8. The number of alkyl halides is 2. The number of hydrogen-bond acceptors (Lipinski definition) is 2. The van der Waals surface area contributed by atoms with Crippen molar-refractivity contribution in [3.05, 3.63) is 0 Å². The summed E-state index contributed by atoms with van der Waals surface area (Å²) in [6.45, 7) is -0.266. The number of aliphatic carboxylic acids is 1. The lowest BCUT2D eigenvalue weighted by molar-refractivity contribution is -0.158. The molecule has 1 aliphatic carbocycles. The molecule has 2 N–H and O–H groups in total. The number of hydrogen-bond donors (Lipinski definition) is 2. The Morgan fingerprint density at radius 3 is 2.07 bits per heavy atom. The predicted molar refractivity (Wildman–Crippen MR) is 45.2 cm³/mol. The molecule has 0 atom stereocenters. The zero-order valence-electron chi connectivity index (χ0n) is 7.80. The van der Waals surface area contributed by atoms with Gasteiger partial charge in [0.25, 0.3) is 0 Å². The summed E-state index contributed by atoms with van der Waals surface area (Å²) in [7, 11) is 0. The van der Waals surface area contributed by atoms with Crippen LogP contribution in [0.5, 0.6) is 0 Å². The Hall–Kier alpha value is -0.710. The van der Waals surface area contributed by atoms with Gasteiger partial charge < -0.3 is 10.2 Å². The SMILES string of the molecule is O=C(O)C1(CCO)CCC(F)(F)CC1. The lowest BCUT2D eigenvalue weighted by Crippen LogP contribution is -2.39. The molecule has 1 rings (SSSR count). The first-order valence-electron chi connectivity index (χ1n) is 4.64. The van der Waals surface area contributed by atoms with Crippen LogP contribution >= 0.6 is 0 Å². The number of carboxylic acids is 1. The van der Waals surface area contributed by atoms with Crippen molar-refractivity contribution in [2.24, 2.45) is 5.41 Å². The molecule has 1 aliphatic rings. The van der Waals surface area contributed by atoms with Crippen molar-refractivity contribution in [2.45, 2.75) is 38.0 Å². The third-order valence-electron chi connectivity index (χ3n) is 2.98. The maximum absolute atomic E-state index is 12.8. The van der Waals surface area contributed by atoms with Gasteiger partial charge in [-0.05, 0) is 19.3 Å². The Balaban J connectivity index is 2.69. The molecule has 82 valence electrons. The van der Waals surface area contributed by atoms with Gasteiger partial charge in [0.1, 0.15) is 0 Å². The molecular weight excluding hydrogens is 194 g/mol. The first kappa shape index (κ1) is 11.4. The molecule has 0 saturated heterocycles. The molecule has 1 fully saturated rings. The topological polar surface area (TPSA) is 57.5 Å². The van der Waals surface area contributed by atoms with Crippen LogP contribution in [0.2, 0.25) is 0 Å². The number of aliphatic hydroxyl groups is 1. The van der Waals surface area contributed by atoms with Crippen molar-refractivity contribution in [1.29, 1.82) is 0 Å². The molecule has 0 aromatic carbocycles. The van der Waals surface area contributed by atoms with Crippen molar-refractivity contribution in [3.63, 3.8) is 0 Å². The molecule has 0 aromatic heterocycles. The van der Waals surface area contributed by atoms with Crippen molar-refractivity contribution in [1.82, 2.24) is 0 Å². The van der Waals surface area contributed by atoms with Gasteiger partial charge in [-0.15, -0.1) is 0 Å². The number of carboxylic acid groups (broad SMARTS) is 1. The van der Waals surface area contributed by atoms with Crippen LogP contribution in [-0.2, 0) is 4.79 Å². The van der Waals surface area contributed by atoms with Crippen LogP contribution in [0.3, 0.4) is 0 Å². The highest BCUT2D eigenvalue weighted by atomic mass is 19.3. The fraction of sp³-hybridized carbons (Fsp3) is 0.889. The van der Waals surface area contributed by atoms with Gasteiger partial charge >= 0.3 is 5.97 Å². The lowest BCUT2D eigenvalue weighted by Gasteiger charge is -2.36. The van der Waals surface area contributed by atoms with Crippen LogP contribution in [0.1, 0.15) is 32.1 Å². The summed E-state index contributed by atoms with van der Waals surface area (Å²) in [6, 6.07) is 0. The van der Waals surface area contributed by atoms with Crippen LogP contribution in [0.4, 0.5) is 8.78 Å². The van der Waals surface area contributed by atoms with E-state index in [4.69, 9.17) is 10.2 Å². The highest BCUT2D eigenvalue weighted by Gasteiger charge is 2.47. The van der Waals surface area contributed by atoms with Crippen LogP contribution in [0.25, 0.3) is 0 Å². The molecule has 14 heavy (non-hydrogen) atoms. The number of halogens is 2. The van der Waals surface area contributed by atoms with E-state index in [1.807, 2.05) is 0 Å². The van der Waals surface area contributed by atoms with E-state index in [1.165, 1.54) is 0 Å². The average Bonchev–Trinajstić information content (AvgIpc) is 2.09. The fourth-order valence-corrected chi connectivity index (χ4v) is 1.88. The number of rotatable bonds is 3. The monoisotopic (exact) mass is 208 g/mol. The second kappa shape index (κ2) is 3.81. The Morgan fingerprint density at radius 1 is 1.21 bits per heavy atom. The Kier molecular flexibility index (Phi) is 3.09. The van der Waals surface area contributed by atoms with Gasteiger partial charge in [0.15, 0.2) is 0 Å². The van der Waals surface area contributed by atoms with Crippen molar-refractivity contribution in [3.8, 4) is 0 Å². The fourth-order valence-electron chi connectivity index (χ4n) is 1.88. The van der Waals surface area contributed by atoms with E-state index in [2.05, 4.69) is 0 Å². The summed E-state index contributed by atoms with van der Waals surface area (Å²) in [4.78, 5) is 10.9. The van der Waals surface area contributed by atoms with Crippen LogP contribution in [0.15, 0.2) is 0 Å². The molecule has 0 heterocycles.